The Balaban J connectivity index is 1.75. The first-order chi connectivity index (χ1) is 38.9. The average molecular weight is 1230 g/mol. The molecule has 31 heteroatoms. The molecule has 0 aliphatic rings. The molecule has 0 radical (unpaired) electrons. The van der Waals surface area contributed by atoms with E-state index in [-0.39, 0.29) is 43.1 Å². The third-order valence-corrected chi connectivity index (χ3v) is 14.2. The molecule has 0 saturated heterocycles. The Hall–Kier alpha value is -6.64. The molecule has 4 aromatic rings. The maximum atomic E-state index is 14.9. The fourth-order valence-electron chi connectivity index (χ4n) is 8.19. The molecule has 0 aliphatic heterocycles. The number of H-pyrrole nitrogens is 1. The second kappa shape index (κ2) is 31.9. The number of fused-ring (bicyclic) bond motifs is 1. The van der Waals surface area contributed by atoms with Crippen LogP contribution in [0.25, 0.3) is 10.9 Å². The number of aliphatic hydroxyl groups is 3. The molecule has 10 atom stereocenters. The van der Waals surface area contributed by atoms with Crippen molar-refractivity contribution in [3.8, 4) is 0 Å². The zero-order chi connectivity index (χ0) is 61.8. The van der Waals surface area contributed by atoms with Crippen molar-refractivity contribution < 1.29 is 88.4 Å². The van der Waals surface area contributed by atoms with Gasteiger partial charge in [0, 0.05) is 35.3 Å². The molecule has 7 amide bonds. The van der Waals surface area contributed by atoms with Crippen LogP contribution in [0.15, 0.2) is 84.9 Å². The highest BCUT2D eigenvalue weighted by atomic mass is 32.2. The number of aromatic amines is 1. The van der Waals surface area contributed by atoms with Crippen molar-refractivity contribution in [2.45, 2.75) is 130 Å². The number of halogens is 9. The largest absolute Gasteiger partial charge is 0.441 e. The molecule has 458 valence electrons. The summed E-state index contributed by atoms with van der Waals surface area (Å²) in [5, 5.41) is 45.6. The third-order valence-electron chi connectivity index (χ3n) is 12.5. The van der Waals surface area contributed by atoms with Crippen molar-refractivity contribution in [1.29, 1.82) is 0 Å². The van der Waals surface area contributed by atoms with Gasteiger partial charge >= 0.3 is 17.2 Å². The summed E-state index contributed by atoms with van der Waals surface area (Å²) < 4.78 is 126. The van der Waals surface area contributed by atoms with Crippen LogP contribution >= 0.6 is 23.5 Å². The van der Waals surface area contributed by atoms with Crippen LogP contribution in [0.4, 0.5) is 39.5 Å². The molecule has 1 heterocycles. The average Bonchev–Trinajstić information content (AvgIpc) is 3.81. The van der Waals surface area contributed by atoms with Crippen molar-refractivity contribution in [2.24, 2.45) is 11.5 Å². The summed E-state index contributed by atoms with van der Waals surface area (Å²) in [4.78, 5) is 100. The lowest BCUT2D eigenvalue weighted by Crippen LogP contribution is -2.62. The lowest BCUT2D eigenvalue weighted by Gasteiger charge is -2.29. The van der Waals surface area contributed by atoms with E-state index in [2.05, 4.69) is 36.9 Å². The van der Waals surface area contributed by atoms with Crippen LogP contribution in [0.1, 0.15) is 55.5 Å². The molecular weight excluding hydrogens is 1160 g/mol. The molecular formula is C52H65F9N10O10S2. The maximum absolute atomic E-state index is 14.9. The molecule has 4 rings (SSSR count). The molecule has 0 spiro atoms. The number of hydrogen-bond acceptors (Lipinski definition) is 14. The topological polar surface area (TPSA) is 332 Å². The number of thioether (sulfide) groups is 2. The van der Waals surface area contributed by atoms with E-state index < -0.39 is 185 Å². The van der Waals surface area contributed by atoms with E-state index >= 15 is 0 Å². The summed E-state index contributed by atoms with van der Waals surface area (Å²) >= 11 is -1.44. The first-order valence-electron chi connectivity index (χ1n) is 25.6. The number of benzene rings is 3. The van der Waals surface area contributed by atoms with Crippen molar-refractivity contribution >= 4 is 75.8 Å². The highest BCUT2D eigenvalue weighted by Crippen LogP contribution is 2.37. The van der Waals surface area contributed by atoms with E-state index in [1.807, 2.05) is 5.32 Å². The standard InChI is InChI=1S/C52H65F9N10O10S2/c1-27(73)38(24-72)68-48(80)40(26-83-52(59,60)61)70-49(81)41(28(2)74)71-44(76)35(19-11-12-20-62)65-46(78)37(23-32-31-17-9-10-18-34(31)64-42(32)50(53,54)55)67-45(77)36(22-30-15-7-4-8-16-30)66-47(79)39(25-82-51(56,57)58)69-43(75)33(63)21-29-13-5-3-6-14-29/h3-10,13-18,27-28,33,35-41,64,72-74H,11-12,19-26,62-63H2,1-2H3,(H,65,78)(H,66,79)(H,67,77)(H,68,80)(H,69,75)(H,70,81)(H,71,76)/t27-,28-,33-,35+,36+,37-,38-,39+,40+,41+/m1/s1. The number of carbonyl (C=O) groups is 7. The molecule has 3 aromatic carbocycles. The monoisotopic (exact) mass is 1220 g/mol. The minimum Gasteiger partial charge on any atom is -0.394 e. The smallest absolute Gasteiger partial charge is 0.394 e. The van der Waals surface area contributed by atoms with Gasteiger partial charge in [-0.25, -0.2) is 0 Å². The van der Waals surface area contributed by atoms with Gasteiger partial charge in [0.05, 0.1) is 30.9 Å². The number of aromatic nitrogens is 1. The summed E-state index contributed by atoms with van der Waals surface area (Å²) in [5.41, 5.74) is 0.711. The van der Waals surface area contributed by atoms with E-state index in [0.717, 1.165) is 13.8 Å². The first kappa shape index (κ1) is 68.9. The van der Waals surface area contributed by atoms with E-state index in [1.165, 1.54) is 48.5 Å². The van der Waals surface area contributed by atoms with Gasteiger partial charge in [0.15, 0.2) is 0 Å². The molecule has 20 nitrogen and oxygen atoms in total. The summed E-state index contributed by atoms with van der Waals surface area (Å²) in [6.45, 7) is 1.23. The second-order valence-corrected chi connectivity index (χ2v) is 21.3. The molecule has 15 N–H and O–H groups in total. The maximum Gasteiger partial charge on any atom is 0.441 e. The second-order valence-electron chi connectivity index (χ2n) is 19.1. The van der Waals surface area contributed by atoms with Gasteiger partial charge in [0.25, 0.3) is 0 Å². The molecule has 0 saturated carbocycles. The summed E-state index contributed by atoms with van der Waals surface area (Å²) in [6.07, 6.45) is -10.3. The summed E-state index contributed by atoms with van der Waals surface area (Å²) in [5.74, 6) is -11.5. The minimum absolute atomic E-state index is 0.0109. The van der Waals surface area contributed by atoms with Gasteiger partial charge < -0.3 is 69.0 Å². The van der Waals surface area contributed by atoms with E-state index in [1.54, 1.807) is 36.4 Å². The number of para-hydroxylation sites is 1. The van der Waals surface area contributed by atoms with Gasteiger partial charge in [-0.3, -0.25) is 33.6 Å². The number of unbranched alkanes of at least 4 members (excludes halogenated alkanes) is 1. The van der Waals surface area contributed by atoms with Crippen LogP contribution < -0.4 is 48.7 Å². The van der Waals surface area contributed by atoms with Gasteiger partial charge in [-0.05, 0) is 92.4 Å². The lowest BCUT2D eigenvalue weighted by atomic mass is 9.99. The zero-order valence-electron chi connectivity index (χ0n) is 44.5. The minimum atomic E-state index is -5.13. The quantitative estimate of drug-likeness (QED) is 0.0254. The van der Waals surface area contributed by atoms with Crippen molar-refractivity contribution in [2.75, 3.05) is 24.7 Å². The van der Waals surface area contributed by atoms with Crippen molar-refractivity contribution in [3.05, 3.63) is 107 Å². The number of nitrogens with two attached hydrogens (primary N) is 2. The number of aliphatic hydroxyl groups excluding tert-OH is 3. The van der Waals surface area contributed by atoms with Crippen LogP contribution in [0.3, 0.4) is 0 Å². The molecule has 1 aromatic heterocycles. The van der Waals surface area contributed by atoms with E-state index in [9.17, 15) is 88.4 Å². The SMILES string of the molecule is C[C@@H](O)[C@H](NC(=O)[C@H](CCCCN)NC(=O)[C@@H](Cc1c(C(F)(F)F)[nH]c2ccccc12)NC(=O)[C@H](Cc1ccccc1)NC(=O)[C@H](CSC(F)(F)F)NC(=O)[C@H](N)Cc1ccccc1)C(=O)N[C@@H](CSC(F)(F)F)C(=O)N[C@H](CO)[C@@H](C)O. The third kappa shape index (κ3) is 22.8. The van der Waals surface area contributed by atoms with Gasteiger partial charge in [0.2, 0.25) is 41.4 Å². The van der Waals surface area contributed by atoms with Gasteiger partial charge in [0.1, 0.15) is 41.9 Å². The Morgan fingerprint density at radius 2 is 0.988 bits per heavy atom. The van der Waals surface area contributed by atoms with E-state index in [4.69, 9.17) is 11.5 Å². The number of carbonyl (C=O) groups excluding carboxylic acids is 7. The van der Waals surface area contributed by atoms with Crippen LogP contribution in [0.2, 0.25) is 0 Å². The zero-order valence-corrected chi connectivity index (χ0v) is 46.1. The Kier molecular flexibility index (Phi) is 26.4. The number of nitrogens with one attached hydrogen (secondary N) is 8. The van der Waals surface area contributed by atoms with Crippen molar-refractivity contribution in [3.63, 3.8) is 0 Å². The molecule has 0 aliphatic carbocycles. The first-order valence-corrected chi connectivity index (χ1v) is 27.6. The fourth-order valence-corrected chi connectivity index (χ4v) is 9.37. The summed E-state index contributed by atoms with van der Waals surface area (Å²) in [7, 11) is 0. The Morgan fingerprint density at radius 1 is 0.542 bits per heavy atom. The number of rotatable bonds is 31. The van der Waals surface area contributed by atoms with E-state index in [0.29, 0.717) is 11.1 Å². The molecule has 83 heavy (non-hydrogen) atoms. The Labute approximate surface area is 478 Å². The van der Waals surface area contributed by atoms with Crippen molar-refractivity contribution in [1.82, 2.24) is 42.2 Å². The predicted octanol–water partition coefficient (Wildman–Crippen LogP) is 2.32. The van der Waals surface area contributed by atoms with Crippen LogP contribution in [0.5, 0.6) is 0 Å². The van der Waals surface area contributed by atoms with Crippen LogP contribution in [-0.4, -0.2) is 158 Å². The molecule has 0 unspecified atom stereocenters. The molecule has 0 bridgehead atoms. The Morgan fingerprint density at radius 3 is 1.48 bits per heavy atom. The van der Waals surface area contributed by atoms with Crippen LogP contribution in [-0.2, 0) is 59.0 Å². The van der Waals surface area contributed by atoms with Gasteiger partial charge in [-0.2, -0.15) is 39.5 Å². The number of amides is 7. The van der Waals surface area contributed by atoms with Crippen LogP contribution in [0, 0.1) is 0 Å². The number of hydrogen-bond donors (Lipinski definition) is 13. The lowest BCUT2D eigenvalue weighted by molar-refractivity contribution is -0.141. The fraction of sp³-hybridized carbons (Fsp3) is 0.481. The number of alkyl halides is 9. The highest BCUT2D eigenvalue weighted by molar-refractivity contribution is 8.00. The molecule has 0 fully saturated rings. The normalized spacial score (nSPS) is 15.7. The van der Waals surface area contributed by atoms with Gasteiger partial charge in [-0.15, -0.1) is 0 Å². The predicted molar refractivity (Wildman–Crippen MR) is 289 cm³/mol. The van der Waals surface area contributed by atoms with Gasteiger partial charge in [-0.1, -0.05) is 78.9 Å². The highest BCUT2D eigenvalue weighted by Gasteiger charge is 2.41. The summed E-state index contributed by atoms with van der Waals surface area (Å²) in [6, 6.07) is 6.21. The Bertz CT molecular complexity index is 2780.